The minimum Gasteiger partial charge on any atom is -0.465 e. The molecule has 0 bridgehead atoms. The number of benzene rings is 1. The summed E-state index contributed by atoms with van der Waals surface area (Å²) in [6, 6.07) is 8.48. The molecule has 2 N–H and O–H groups in total. The van der Waals surface area contributed by atoms with E-state index in [-0.39, 0.29) is 25.1 Å². The van der Waals surface area contributed by atoms with Gasteiger partial charge in [-0.05, 0) is 18.4 Å². The number of nitrogens with one attached hydrogen (secondary N) is 1. The van der Waals surface area contributed by atoms with E-state index in [1.54, 1.807) is 13.0 Å². The van der Waals surface area contributed by atoms with Crippen LogP contribution in [0.1, 0.15) is 19.4 Å². The summed E-state index contributed by atoms with van der Waals surface area (Å²) < 4.78 is 5.21. The second-order valence-electron chi connectivity index (χ2n) is 5.82. The van der Waals surface area contributed by atoms with Crippen molar-refractivity contribution in [2.75, 3.05) is 6.54 Å². The molecule has 0 radical (unpaired) electrons. The molecule has 0 saturated heterocycles. The predicted octanol–water partition coefficient (Wildman–Crippen LogP) is 3.66. The van der Waals surface area contributed by atoms with Crippen LogP contribution in [0.4, 0.5) is 9.59 Å². The number of hydrogen-bond donors (Lipinski definition) is 2. The molecule has 3 atom stereocenters. The molecule has 0 fully saturated rings. The first-order chi connectivity index (χ1) is 11.9. The van der Waals surface area contributed by atoms with Crippen LogP contribution in [0.15, 0.2) is 55.6 Å². The van der Waals surface area contributed by atoms with Crippen LogP contribution >= 0.6 is 0 Å². The van der Waals surface area contributed by atoms with Crippen LogP contribution < -0.4 is 5.32 Å². The SMILES string of the molecule is C=C[C@H](C)[C@H](CN(C(=O)O)[C@@H](C)C=C)NC(=O)OCc1ccccc1. The van der Waals surface area contributed by atoms with Crippen molar-refractivity contribution in [3.63, 3.8) is 0 Å². The molecular formula is C19H26N2O4. The van der Waals surface area contributed by atoms with E-state index >= 15 is 0 Å². The van der Waals surface area contributed by atoms with Crippen LogP contribution in [0.3, 0.4) is 0 Å². The number of carboxylic acid groups (broad SMARTS) is 1. The van der Waals surface area contributed by atoms with E-state index in [0.717, 1.165) is 5.56 Å². The van der Waals surface area contributed by atoms with Crippen molar-refractivity contribution < 1.29 is 19.4 Å². The van der Waals surface area contributed by atoms with Gasteiger partial charge in [-0.15, -0.1) is 13.2 Å². The van der Waals surface area contributed by atoms with Gasteiger partial charge in [0.2, 0.25) is 0 Å². The van der Waals surface area contributed by atoms with Crippen molar-refractivity contribution in [3.8, 4) is 0 Å². The number of carbonyl (C=O) groups is 2. The van der Waals surface area contributed by atoms with Crippen molar-refractivity contribution >= 4 is 12.2 Å². The summed E-state index contributed by atoms with van der Waals surface area (Å²) >= 11 is 0. The maximum Gasteiger partial charge on any atom is 0.407 e. The summed E-state index contributed by atoms with van der Waals surface area (Å²) in [5, 5.41) is 12.1. The minimum atomic E-state index is -1.08. The normalized spacial score (nSPS) is 13.8. The molecule has 0 aliphatic rings. The van der Waals surface area contributed by atoms with Gasteiger partial charge in [0.25, 0.3) is 0 Å². The number of ether oxygens (including phenoxy) is 1. The van der Waals surface area contributed by atoms with Gasteiger partial charge in [-0.25, -0.2) is 9.59 Å². The maximum atomic E-state index is 12.1. The first-order valence-corrected chi connectivity index (χ1v) is 8.11. The van der Waals surface area contributed by atoms with E-state index in [1.165, 1.54) is 11.0 Å². The zero-order chi connectivity index (χ0) is 18.8. The van der Waals surface area contributed by atoms with Gasteiger partial charge in [-0.1, -0.05) is 49.4 Å². The molecule has 6 nitrogen and oxygen atoms in total. The van der Waals surface area contributed by atoms with Gasteiger partial charge >= 0.3 is 12.2 Å². The molecule has 1 rings (SSSR count). The summed E-state index contributed by atoms with van der Waals surface area (Å²) in [6.07, 6.45) is 1.53. The standard InChI is InChI=1S/C19H26N2O4/c1-5-14(3)17(12-21(19(23)24)15(4)6-2)20-18(22)25-13-16-10-8-7-9-11-16/h5-11,14-15,17H,1-2,12-13H2,3-4H3,(H,20,22)(H,23,24)/t14-,15-,17-/m0/s1. The van der Waals surface area contributed by atoms with E-state index in [0.29, 0.717) is 0 Å². The predicted molar refractivity (Wildman–Crippen MR) is 97.3 cm³/mol. The fourth-order valence-electron chi connectivity index (χ4n) is 2.18. The summed E-state index contributed by atoms with van der Waals surface area (Å²) in [7, 11) is 0. The zero-order valence-corrected chi connectivity index (χ0v) is 14.7. The molecular weight excluding hydrogens is 320 g/mol. The molecule has 0 aliphatic carbocycles. The zero-order valence-electron chi connectivity index (χ0n) is 14.7. The molecule has 0 unspecified atom stereocenters. The lowest BCUT2D eigenvalue weighted by Gasteiger charge is -2.31. The molecule has 0 heterocycles. The molecule has 0 aliphatic heterocycles. The molecule has 25 heavy (non-hydrogen) atoms. The Morgan fingerprint density at radius 1 is 1.24 bits per heavy atom. The molecule has 1 aromatic rings. The van der Waals surface area contributed by atoms with E-state index in [9.17, 15) is 14.7 Å². The van der Waals surface area contributed by atoms with Gasteiger partial charge in [-0.2, -0.15) is 0 Å². The average molecular weight is 346 g/mol. The van der Waals surface area contributed by atoms with Crippen molar-refractivity contribution in [1.29, 1.82) is 0 Å². The minimum absolute atomic E-state index is 0.107. The number of hydrogen-bond acceptors (Lipinski definition) is 3. The highest BCUT2D eigenvalue weighted by atomic mass is 16.5. The highest BCUT2D eigenvalue weighted by molar-refractivity contribution is 5.68. The van der Waals surface area contributed by atoms with Crippen molar-refractivity contribution in [3.05, 3.63) is 61.2 Å². The highest BCUT2D eigenvalue weighted by Gasteiger charge is 2.26. The number of alkyl carbamates (subject to hydrolysis) is 1. The van der Waals surface area contributed by atoms with E-state index < -0.39 is 18.2 Å². The molecule has 6 heteroatoms. The highest BCUT2D eigenvalue weighted by Crippen LogP contribution is 2.11. The van der Waals surface area contributed by atoms with Gasteiger partial charge in [0.05, 0.1) is 12.1 Å². The van der Waals surface area contributed by atoms with Crippen LogP contribution in [-0.2, 0) is 11.3 Å². The van der Waals surface area contributed by atoms with Crippen LogP contribution in [0.25, 0.3) is 0 Å². The average Bonchev–Trinajstić information content (AvgIpc) is 2.62. The Bertz CT molecular complexity index is 588. The second kappa shape index (κ2) is 10.2. The summed E-state index contributed by atoms with van der Waals surface area (Å²) in [5.74, 6) is -0.136. The fraction of sp³-hybridized carbons (Fsp3) is 0.368. The topological polar surface area (TPSA) is 78.9 Å². The summed E-state index contributed by atoms with van der Waals surface area (Å²) in [4.78, 5) is 24.8. The molecule has 1 aromatic carbocycles. The second-order valence-corrected chi connectivity index (χ2v) is 5.82. The van der Waals surface area contributed by atoms with Crippen molar-refractivity contribution in [2.45, 2.75) is 32.5 Å². The van der Waals surface area contributed by atoms with E-state index in [1.807, 2.05) is 37.3 Å². The molecule has 0 aromatic heterocycles. The Morgan fingerprint density at radius 3 is 2.40 bits per heavy atom. The van der Waals surface area contributed by atoms with E-state index in [4.69, 9.17) is 4.74 Å². The first kappa shape index (κ1) is 20.3. The number of nitrogens with zero attached hydrogens (tertiary/aromatic N) is 1. The molecule has 0 spiro atoms. The molecule has 0 saturated carbocycles. The Labute approximate surface area is 148 Å². The smallest absolute Gasteiger partial charge is 0.407 e. The van der Waals surface area contributed by atoms with E-state index in [2.05, 4.69) is 18.5 Å². The van der Waals surface area contributed by atoms with Gasteiger partial charge in [-0.3, -0.25) is 0 Å². The van der Waals surface area contributed by atoms with Crippen LogP contribution in [0, 0.1) is 5.92 Å². The van der Waals surface area contributed by atoms with Crippen molar-refractivity contribution in [1.82, 2.24) is 10.2 Å². The van der Waals surface area contributed by atoms with Gasteiger partial charge in [0.1, 0.15) is 6.61 Å². The van der Waals surface area contributed by atoms with Gasteiger partial charge in [0, 0.05) is 6.54 Å². The fourth-order valence-corrected chi connectivity index (χ4v) is 2.18. The molecule has 2 amide bonds. The van der Waals surface area contributed by atoms with Crippen LogP contribution in [0.2, 0.25) is 0 Å². The third kappa shape index (κ3) is 6.71. The Kier molecular flexibility index (Phi) is 8.26. The number of rotatable bonds is 9. The van der Waals surface area contributed by atoms with Crippen LogP contribution in [0.5, 0.6) is 0 Å². The Hall–Kier alpha value is -2.76. The summed E-state index contributed by atoms with van der Waals surface area (Å²) in [5.41, 5.74) is 0.874. The lowest BCUT2D eigenvalue weighted by molar-refractivity contribution is 0.114. The maximum absolute atomic E-state index is 12.1. The van der Waals surface area contributed by atoms with Crippen LogP contribution in [-0.4, -0.2) is 40.8 Å². The van der Waals surface area contributed by atoms with Crippen molar-refractivity contribution in [2.24, 2.45) is 5.92 Å². The lowest BCUT2D eigenvalue weighted by atomic mass is 10.0. The molecule has 136 valence electrons. The third-order valence-electron chi connectivity index (χ3n) is 3.99. The number of carbonyl (C=O) groups excluding carboxylic acids is 1. The quantitative estimate of drug-likeness (QED) is 0.669. The lowest BCUT2D eigenvalue weighted by Crippen LogP contribution is -2.50. The number of amides is 2. The Balaban J connectivity index is 2.71. The van der Waals surface area contributed by atoms with Gasteiger partial charge < -0.3 is 20.1 Å². The largest absolute Gasteiger partial charge is 0.465 e. The monoisotopic (exact) mass is 346 g/mol. The van der Waals surface area contributed by atoms with Gasteiger partial charge in [0.15, 0.2) is 0 Å². The third-order valence-corrected chi connectivity index (χ3v) is 3.99. The first-order valence-electron chi connectivity index (χ1n) is 8.11. The Morgan fingerprint density at radius 2 is 1.88 bits per heavy atom. The summed E-state index contributed by atoms with van der Waals surface area (Å²) in [6.45, 7) is 11.2.